The third kappa shape index (κ3) is 5.26. The first kappa shape index (κ1) is 22.2. The summed E-state index contributed by atoms with van der Waals surface area (Å²) in [7, 11) is 0. The van der Waals surface area contributed by atoms with Crippen LogP contribution >= 0.6 is 0 Å². The molecule has 0 bridgehead atoms. The van der Waals surface area contributed by atoms with Crippen molar-refractivity contribution in [2.24, 2.45) is 0 Å². The maximum Gasteiger partial charge on any atom is 0.244 e. The molecular weight excluding hydrogens is 403 g/mol. The molecular formula is C26H31FN4O. The maximum absolute atomic E-state index is 14.1. The largest absolute Gasteiger partial charge is 0.356 e. The van der Waals surface area contributed by atoms with Crippen molar-refractivity contribution < 1.29 is 9.18 Å². The molecule has 0 radical (unpaired) electrons. The van der Waals surface area contributed by atoms with Gasteiger partial charge in [-0.1, -0.05) is 30.3 Å². The van der Waals surface area contributed by atoms with Gasteiger partial charge in [-0.25, -0.2) is 4.39 Å². The highest BCUT2D eigenvalue weighted by atomic mass is 19.1. The van der Waals surface area contributed by atoms with Crippen LogP contribution in [0.25, 0.3) is 17.0 Å². The van der Waals surface area contributed by atoms with E-state index in [1.54, 1.807) is 12.1 Å². The van der Waals surface area contributed by atoms with Crippen molar-refractivity contribution in [2.75, 3.05) is 32.7 Å². The average Bonchev–Trinajstić information content (AvgIpc) is 3.13. The fourth-order valence-corrected chi connectivity index (χ4v) is 4.42. The van der Waals surface area contributed by atoms with E-state index in [1.807, 2.05) is 32.1 Å². The number of aromatic nitrogens is 1. The molecule has 3 aromatic rings. The van der Waals surface area contributed by atoms with Crippen LogP contribution < -0.4 is 10.6 Å². The summed E-state index contributed by atoms with van der Waals surface area (Å²) in [6, 6.07) is 11.6. The number of fused-ring (bicyclic) bond motifs is 1. The number of nitrogens with zero attached hydrogens (tertiary/aromatic N) is 1. The minimum Gasteiger partial charge on any atom is -0.356 e. The minimum absolute atomic E-state index is 0.127. The average molecular weight is 435 g/mol. The highest BCUT2D eigenvalue weighted by Gasteiger charge is 2.14. The lowest BCUT2D eigenvalue weighted by molar-refractivity contribution is -0.116. The topological polar surface area (TPSA) is 60.2 Å². The number of rotatable bonds is 7. The van der Waals surface area contributed by atoms with Crippen LogP contribution in [-0.4, -0.2) is 48.5 Å². The van der Waals surface area contributed by atoms with Crippen LogP contribution in [0.3, 0.4) is 0 Å². The standard InChI is InChI=1S/C26H31FN4O/c1-18-6-8-23(27)26-25(18)22(19(2)30-26)10-11-29-24(32)9-7-20-4-3-5-21(16-20)17-31-14-12-28-13-15-31/h3-9,16,28,30H,10-15,17H2,1-2H3,(H,29,32). The number of nitrogens with one attached hydrogen (secondary N) is 3. The monoisotopic (exact) mass is 434 g/mol. The second-order valence-corrected chi connectivity index (χ2v) is 8.49. The highest BCUT2D eigenvalue weighted by molar-refractivity contribution is 5.92. The van der Waals surface area contributed by atoms with Crippen molar-refractivity contribution >= 4 is 22.9 Å². The zero-order valence-electron chi connectivity index (χ0n) is 18.8. The Morgan fingerprint density at radius 3 is 2.81 bits per heavy atom. The van der Waals surface area contributed by atoms with Crippen molar-refractivity contribution in [1.82, 2.24) is 20.5 Å². The number of benzene rings is 2. The smallest absolute Gasteiger partial charge is 0.244 e. The Morgan fingerprint density at radius 1 is 1.19 bits per heavy atom. The Balaban J connectivity index is 1.33. The van der Waals surface area contributed by atoms with Gasteiger partial charge in [0.05, 0.1) is 5.52 Å². The third-order valence-electron chi connectivity index (χ3n) is 6.10. The Morgan fingerprint density at radius 2 is 2.00 bits per heavy atom. The molecule has 6 heteroatoms. The molecule has 1 amide bonds. The number of carbonyl (C=O) groups excluding carboxylic acids is 1. The van der Waals surface area contributed by atoms with Gasteiger partial charge in [0.25, 0.3) is 0 Å². The number of carbonyl (C=O) groups is 1. The quantitative estimate of drug-likeness (QED) is 0.497. The van der Waals surface area contributed by atoms with E-state index in [4.69, 9.17) is 0 Å². The number of amides is 1. The SMILES string of the molecule is Cc1[nH]c2c(F)ccc(C)c2c1CCNC(=O)C=Cc1cccc(CN2CCNCC2)c1. The van der Waals surface area contributed by atoms with Crippen LogP contribution in [0, 0.1) is 19.7 Å². The summed E-state index contributed by atoms with van der Waals surface area (Å²) in [4.78, 5) is 17.9. The predicted molar refractivity (Wildman–Crippen MR) is 128 cm³/mol. The van der Waals surface area contributed by atoms with Crippen molar-refractivity contribution in [2.45, 2.75) is 26.8 Å². The zero-order chi connectivity index (χ0) is 22.5. The lowest BCUT2D eigenvalue weighted by atomic mass is 10.0. The van der Waals surface area contributed by atoms with E-state index in [0.717, 1.165) is 60.5 Å². The Hall–Kier alpha value is -2.96. The van der Waals surface area contributed by atoms with E-state index >= 15 is 0 Å². The lowest BCUT2D eigenvalue weighted by Gasteiger charge is -2.27. The maximum atomic E-state index is 14.1. The van der Waals surface area contributed by atoms with Gasteiger partial charge in [0.15, 0.2) is 0 Å². The second-order valence-electron chi connectivity index (χ2n) is 8.49. The molecule has 1 aromatic heterocycles. The van der Waals surface area contributed by atoms with Gasteiger partial charge in [0, 0.05) is 56.4 Å². The second kappa shape index (κ2) is 10.1. The Bertz CT molecular complexity index is 1130. The van der Waals surface area contributed by atoms with Gasteiger partial charge >= 0.3 is 0 Å². The molecule has 3 N–H and O–H groups in total. The molecule has 1 aliphatic rings. The van der Waals surface area contributed by atoms with Crippen molar-refractivity contribution in [1.29, 1.82) is 0 Å². The van der Waals surface area contributed by atoms with Gasteiger partial charge in [-0.15, -0.1) is 0 Å². The van der Waals surface area contributed by atoms with Crippen LogP contribution in [0.2, 0.25) is 0 Å². The van der Waals surface area contributed by atoms with Crippen molar-refractivity contribution in [3.8, 4) is 0 Å². The highest BCUT2D eigenvalue weighted by Crippen LogP contribution is 2.27. The minimum atomic E-state index is -0.244. The lowest BCUT2D eigenvalue weighted by Crippen LogP contribution is -2.42. The molecule has 32 heavy (non-hydrogen) atoms. The number of piperazine rings is 1. The number of halogens is 1. The molecule has 0 saturated carbocycles. The molecule has 2 aromatic carbocycles. The van der Waals surface area contributed by atoms with Gasteiger partial charge < -0.3 is 15.6 Å². The molecule has 168 valence electrons. The fourth-order valence-electron chi connectivity index (χ4n) is 4.42. The first-order valence-electron chi connectivity index (χ1n) is 11.3. The number of hydrogen-bond donors (Lipinski definition) is 3. The molecule has 0 aliphatic carbocycles. The van der Waals surface area contributed by atoms with E-state index in [0.29, 0.717) is 18.5 Å². The van der Waals surface area contributed by atoms with Gasteiger partial charge in [-0.05, 0) is 54.7 Å². The van der Waals surface area contributed by atoms with Gasteiger partial charge in [0.2, 0.25) is 5.91 Å². The molecule has 1 aliphatic heterocycles. The van der Waals surface area contributed by atoms with Crippen LogP contribution in [-0.2, 0) is 17.8 Å². The number of hydrogen-bond acceptors (Lipinski definition) is 3. The van der Waals surface area contributed by atoms with Gasteiger partial charge in [-0.2, -0.15) is 0 Å². The number of aromatic amines is 1. The summed E-state index contributed by atoms with van der Waals surface area (Å²) in [5, 5.41) is 7.24. The first-order valence-corrected chi connectivity index (χ1v) is 11.3. The fraction of sp³-hybridized carbons (Fsp3) is 0.346. The summed E-state index contributed by atoms with van der Waals surface area (Å²) in [5.74, 6) is -0.371. The van der Waals surface area contributed by atoms with Crippen LogP contribution in [0.5, 0.6) is 0 Å². The third-order valence-corrected chi connectivity index (χ3v) is 6.10. The summed E-state index contributed by atoms with van der Waals surface area (Å²) < 4.78 is 14.1. The van der Waals surface area contributed by atoms with Crippen LogP contribution in [0.15, 0.2) is 42.5 Å². The zero-order valence-corrected chi connectivity index (χ0v) is 18.8. The van der Waals surface area contributed by atoms with E-state index in [9.17, 15) is 9.18 Å². The van der Waals surface area contributed by atoms with Gasteiger partial charge in [0.1, 0.15) is 5.82 Å². The molecule has 2 heterocycles. The normalized spacial score (nSPS) is 15.0. The van der Waals surface area contributed by atoms with E-state index in [-0.39, 0.29) is 11.7 Å². The predicted octanol–water partition coefficient (Wildman–Crippen LogP) is 3.70. The van der Waals surface area contributed by atoms with Crippen LogP contribution in [0.4, 0.5) is 4.39 Å². The van der Waals surface area contributed by atoms with Crippen LogP contribution in [0.1, 0.15) is 27.9 Å². The molecule has 0 spiro atoms. The molecule has 1 fully saturated rings. The van der Waals surface area contributed by atoms with Gasteiger partial charge in [-0.3, -0.25) is 9.69 Å². The van der Waals surface area contributed by atoms with E-state index in [2.05, 4.69) is 32.7 Å². The summed E-state index contributed by atoms with van der Waals surface area (Å²) in [6.07, 6.45) is 4.08. The number of aryl methyl sites for hydroxylation is 2. The van der Waals surface area contributed by atoms with E-state index in [1.165, 1.54) is 11.6 Å². The molecule has 0 atom stereocenters. The molecule has 0 unspecified atom stereocenters. The molecule has 5 nitrogen and oxygen atoms in total. The van der Waals surface area contributed by atoms with Crippen molar-refractivity contribution in [3.05, 3.63) is 76.2 Å². The first-order chi connectivity index (χ1) is 15.5. The molecule has 4 rings (SSSR count). The summed E-state index contributed by atoms with van der Waals surface area (Å²) in [5.41, 5.74) is 5.86. The summed E-state index contributed by atoms with van der Waals surface area (Å²) in [6.45, 7) is 9.54. The Labute approximate surface area is 188 Å². The van der Waals surface area contributed by atoms with Crippen molar-refractivity contribution in [3.63, 3.8) is 0 Å². The molecule has 1 saturated heterocycles. The Kier molecular flexibility index (Phi) is 7.02. The van der Waals surface area contributed by atoms with E-state index < -0.39 is 0 Å². The number of H-pyrrole nitrogens is 1. The summed E-state index contributed by atoms with van der Waals surface area (Å²) >= 11 is 0.